The monoisotopic (exact) mass is 346 g/mol. The maximum atomic E-state index is 9.57. The molecule has 0 radical (unpaired) electrons. The van der Waals surface area contributed by atoms with Crippen molar-refractivity contribution in [2.24, 2.45) is 0 Å². The van der Waals surface area contributed by atoms with Crippen LogP contribution in [0.5, 0.6) is 17.2 Å². The fourth-order valence-corrected chi connectivity index (χ4v) is 2.88. The largest absolute Gasteiger partial charge is 1.00 e. The van der Waals surface area contributed by atoms with Gasteiger partial charge in [-0.05, 0) is 60.0 Å². The fourth-order valence-electron chi connectivity index (χ4n) is 2.88. The van der Waals surface area contributed by atoms with Gasteiger partial charge in [-0.1, -0.05) is 36.4 Å². The van der Waals surface area contributed by atoms with Crippen molar-refractivity contribution in [3.8, 4) is 17.2 Å². The van der Waals surface area contributed by atoms with E-state index < -0.39 is 5.41 Å². The van der Waals surface area contributed by atoms with Crippen molar-refractivity contribution >= 4 is 0 Å². The van der Waals surface area contributed by atoms with Crippen molar-refractivity contribution in [3.05, 3.63) is 89.5 Å². The summed E-state index contributed by atoms with van der Waals surface area (Å²) < 4.78 is 0. The Bertz CT molecular complexity index is 686. The van der Waals surface area contributed by atoms with Crippen LogP contribution in [0.15, 0.2) is 72.8 Å². The first-order valence-electron chi connectivity index (χ1n) is 7.38. The van der Waals surface area contributed by atoms with E-state index in [0.717, 1.165) is 16.7 Å². The van der Waals surface area contributed by atoms with Crippen molar-refractivity contribution in [1.29, 1.82) is 0 Å². The van der Waals surface area contributed by atoms with E-state index in [1.165, 1.54) is 0 Å². The smallest absolute Gasteiger partial charge is 0.870 e. The second-order valence-electron chi connectivity index (χ2n) is 5.77. The average molecular weight is 346 g/mol. The minimum atomic E-state index is -0.477. The number of benzene rings is 3. The third-order valence-corrected chi connectivity index (χ3v) is 4.33. The van der Waals surface area contributed by atoms with E-state index in [4.69, 9.17) is 0 Å². The van der Waals surface area contributed by atoms with E-state index in [0.29, 0.717) is 0 Å². The summed E-state index contributed by atoms with van der Waals surface area (Å²) in [6.07, 6.45) is 0. The molecule has 0 aliphatic rings. The molecule has 0 unspecified atom stereocenters. The molecule has 3 aromatic carbocycles. The topological polar surface area (TPSA) is 90.7 Å². The Labute approximate surface area is 169 Å². The van der Waals surface area contributed by atoms with Crippen LogP contribution in [0.2, 0.25) is 0 Å². The van der Waals surface area contributed by atoms with Crippen LogP contribution in [0.3, 0.4) is 0 Å². The molecule has 25 heavy (non-hydrogen) atoms. The minimum Gasteiger partial charge on any atom is -0.870 e. The molecule has 5 heteroatoms. The van der Waals surface area contributed by atoms with Gasteiger partial charge >= 0.3 is 29.6 Å². The third kappa shape index (κ3) is 4.17. The zero-order valence-electron chi connectivity index (χ0n) is 14.2. The Morgan fingerprint density at radius 3 is 0.920 bits per heavy atom. The van der Waals surface area contributed by atoms with Gasteiger partial charge in [-0.25, -0.2) is 0 Å². The van der Waals surface area contributed by atoms with Crippen molar-refractivity contribution in [2.45, 2.75) is 12.3 Å². The van der Waals surface area contributed by atoms with Gasteiger partial charge in [0.1, 0.15) is 17.2 Å². The van der Waals surface area contributed by atoms with E-state index in [2.05, 4.69) is 6.92 Å². The molecule has 4 nitrogen and oxygen atoms in total. The van der Waals surface area contributed by atoms with Crippen LogP contribution in [0.25, 0.3) is 0 Å². The first kappa shape index (κ1) is 21.1. The molecule has 4 N–H and O–H groups in total. The van der Waals surface area contributed by atoms with Gasteiger partial charge in [0.2, 0.25) is 0 Å². The molecule has 0 aliphatic carbocycles. The van der Waals surface area contributed by atoms with Crippen LogP contribution in [-0.4, -0.2) is 20.8 Å². The number of hydrogen-bond donors (Lipinski definition) is 3. The SMILES string of the molecule is CC(c1ccc(O)cc1)(c1ccc(O)cc1)c1ccc(O)cc1.[Na+].[OH-]. The van der Waals surface area contributed by atoms with Gasteiger partial charge in [-0.2, -0.15) is 0 Å². The number of rotatable bonds is 3. The van der Waals surface area contributed by atoms with Crippen molar-refractivity contribution in [1.82, 2.24) is 0 Å². The van der Waals surface area contributed by atoms with Gasteiger partial charge < -0.3 is 20.8 Å². The molecule has 3 aromatic rings. The molecule has 0 bridgehead atoms. The summed E-state index contributed by atoms with van der Waals surface area (Å²) in [4.78, 5) is 0. The van der Waals surface area contributed by atoms with Gasteiger partial charge in [0.25, 0.3) is 0 Å². The molecular formula is C20H19NaO4. The second kappa shape index (κ2) is 8.41. The number of hydrogen-bond acceptors (Lipinski definition) is 4. The van der Waals surface area contributed by atoms with Gasteiger partial charge in [-0.3, -0.25) is 0 Å². The van der Waals surface area contributed by atoms with Crippen LogP contribution in [-0.2, 0) is 5.41 Å². The summed E-state index contributed by atoms with van der Waals surface area (Å²) in [6, 6.07) is 21.3. The Kier molecular flexibility index (Phi) is 7.08. The zero-order valence-corrected chi connectivity index (χ0v) is 16.2. The second-order valence-corrected chi connectivity index (χ2v) is 5.77. The van der Waals surface area contributed by atoms with Crippen molar-refractivity contribution in [2.75, 3.05) is 0 Å². The first-order chi connectivity index (χ1) is 11.0. The fraction of sp³-hybridized carbons (Fsp3) is 0.100. The molecule has 3 rings (SSSR count). The summed E-state index contributed by atoms with van der Waals surface area (Å²) in [5, 5.41) is 28.7. The van der Waals surface area contributed by atoms with E-state index in [1.54, 1.807) is 36.4 Å². The molecule has 0 heterocycles. The Hall–Kier alpha value is -1.98. The number of phenolic OH excluding ortho intramolecular Hbond substituents is 3. The van der Waals surface area contributed by atoms with E-state index in [1.807, 2.05) is 36.4 Å². The predicted molar refractivity (Wildman–Crippen MR) is 91.8 cm³/mol. The third-order valence-electron chi connectivity index (χ3n) is 4.33. The molecule has 0 saturated heterocycles. The maximum absolute atomic E-state index is 9.57. The van der Waals surface area contributed by atoms with Crippen LogP contribution in [0.1, 0.15) is 23.6 Å². The summed E-state index contributed by atoms with van der Waals surface area (Å²) in [5.74, 6) is 0.646. The molecule has 124 valence electrons. The molecule has 0 aliphatic heterocycles. The van der Waals surface area contributed by atoms with Crippen LogP contribution < -0.4 is 29.6 Å². The first-order valence-corrected chi connectivity index (χ1v) is 7.38. The van der Waals surface area contributed by atoms with Gasteiger partial charge in [0.05, 0.1) is 0 Å². The number of aromatic hydroxyl groups is 3. The summed E-state index contributed by atoms with van der Waals surface area (Å²) >= 11 is 0. The summed E-state index contributed by atoms with van der Waals surface area (Å²) in [7, 11) is 0. The van der Waals surface area contributed by atoms with Gasteiger partial charge in [0, 0.05) is 5.41 Å². The molecule has 0 fully saturated rings. The molecular weight excluding hydrogens is 327 g/mol. The number of phenols is 3. The Morgan fingerprint density at radius 2 is 0.720 bits per heavy atom. The summed E-state index contributed by atoms with van der Waals surface area (Å²) in [5.41, 5.74) is 2.54. The zero-order chi connectivity index (χ0) is 16.4. The van der Waals surface area contributed by atoms with Crippen molar-refractivity contribution in [3.63, 3.8) is 0 Å². The normalized spacial score (nSPS) is 10.4. The summed E-state index contributed by atoms with van der Waals surface area (Å²) in [6.45, 7) is 2.08. The Balaban J connectivity index is 0.00000156. The van der Waals surface area contributed by atoms with Crippen molar-refractivity contribution < 1.29 is 50.4 Å². The molecule has 0 atom stereocenters. The van der Waals surface area contributed by atoms with Crippen LogP contribution in [0.4, 0.5) is 0 Å². The molecule has 0 spiro atoms. The van der Waals surface area contributed by atoms with E-state index >= 15 is 0 Å². The standard InChI is InChI=1S/C20H18O3.Na.H2O/c1-20(14-2-8-17(21)9-3-14,15-4-10-18(22)11-5-15)16-6-12-19(23)13-7-16;;/h2-13,21-23H,1H3;;1H2/q;+1;/p-1. The predicted octanol–water partition coefficient (Wildman–Crippen LogP) is 0.985. The quantitative estimate of drug-likeness (QED) is 0.487. The molecule has 0 aromatic heterocycles. The maximum Gasteiger partial charge on any atom is 1.00 e. The van der Waals surface area contributed by atoms with Gasteiger partial charge in [0.15, 0.2) is 0 Å². The van der Waals surface area contributed by atoms with Crippen LogP contribution in [0, 0.1) is 0 Å². The average Bonchev–Trinajstić information content (AvgIpc) is 2.56. The van der Waals surface area contributed by atoms with Gasteiger partial charge in [-0.15, -0.1) is 0 Å². The van der Waals surface area contributed by atoms with E-state index in [9.17, 15) is 15.3 Å². The van der Waals surface area contributed by atoms with Crippen LogP contribution >= 0.6 is 0 Å². The molecule has 0 saturated carbocycles. The van der Waals surface area contributed by atoms with E-state index in [-0.39, 0.29) is 52.3 Å². The Morgan fingerprint density at radius 1 is 0.520 bits per heavy atom. The molecule has 0 amide bonds. The minimum absolute atomic E-state index is 0.